The number of amides is 1. The summed E-state index contributed by atoms with van der Waals surface area (Å²) in [7, 11) is -3.59. The van der Waals surface area contributed by atoms with Crippen LogP contribution in [0.1, 0.15) is 28.8 Å². The number of nitrogens with one attached hydrogen (secondary N) is 2. The molecule has 3 rings (SSSR count). The molecule has 6 heteroatoms. The first-order valence-electron chi connectivity index (χ1n) is 8.46. The van der Waals surface area contributed by atoms with Gasteiger partial charge in [-0.15, -0.1) is 0 Å². The molecule has 1 amide bonds. The smallest absolute Gasteiger partial charge is 0.252 e. The van der Waals surface area contributed by atoms with Crippen molar-refractivity contribution < 1.29 is 13.2 Å². The first-order chi connectivity index (χ1) is 12.5. The second-order valence-corrected chi connectivity index (χ2v) is 7.94. The van der Waals surface area contributed by atoms with Crippen LogP contribution in [0.25, 0.3) is 0 Å². The minimum atomic E-state index is -3.59. The summed E-state index contributed by atoms with van der Waals surface area (Å²) < 4.78 is 27.2. The van der Waals surface area contributed by atoms with E-state index in [1.807, 2.05) is 30.3 Å². The zero-order chi connectivity index (χ0) is 18.4. The summed E-state index contributed by atoms with van der Waals surface area (Å²) in [6, 6.07) is 15.5. The summed E-state index contributed by atoms with van der Waals surface area (Å²) in [4.78, 5) is 12.3. The van der Waals surface area contributed by atoms with Crippen molar-refractivity contribution in [3.63, 3.8) is 0 Å². The van der Waals surface area contributed by atoms with Gasteiger partial charge in [-0.05, 0) is 49.1 Å². The highest BCUT2D eigenvalue weighted by Gasteiger charge is 2.24. The molecule has 5 nitrogen and oxygen atoms in total. The summed E-state index contributed by atoms with van der Waals surface area (Å²) in [5, 5.41) is 2.68. The Bertz CT molecular complexity index is 940. The fraction of sp³-hybridized carbons (Fsp3) is 0.250. The zero-order valence-corrected chi connectivity index (χ0v) is 15.1. The third kappa shape index (κ3) is 5.19. The van der Waals surface area contributed by atoms with E-state index in [2.05, 4.69) is 21.9 Å². The average molecular weight is 368 g/mol. The Morgan fingerprint density at radius 2 is 1.85 bits per heavy atom. The van der Waals surface area contributed by atoms with E-state index in [1.165, 1.54) is 12.1 Å². The third-order valence-electron chi connectivity index (χ3n) is 4.01. The van der Waals surface area contributed by atoms with Crippen molar-refractivity contribution in [2.24, 2.45) is 5.92 Å². The van der Waals surface area contributed by atoms with Crippen LogP contribution >= 0.6 is 0 Å². The van der Waals surface area contributed by atoms with Gasteiger partial charge in [0.25, 0.3) is 5.91 Å². The number of rotatable bonds is 6. The Hall–Kier alpha value is -2.62. The third-order valence-corrected chi connectivity index (χ3v) is 5.43. The van der Waals surface area contributed by atoms with E-state index >= 15 is 0 Å². The summed E-state index contributed by atoms with van der Waals surface area (Å²) >= 11 is 0. The lowest BCUT2D eigenvalue weighted by Gasteiger charge is -2.08. The largest absolute Gasteiger partial charge is 0.341 e. The van der Waals surface area contributed by atoms with Gasteiger partial charge in [0, 0.05) is 17.7 Å². The van der Waals surface area contributed by atoms with Gasteiger partial charge in [-0.3, -0.25) is 4.79 Å². The Labute approximate surface area is 153 Å². The van der Waals surface area contributed by atoms with Crippen LogP contribution < -0.4 is 10.0 Å². The van der Waals surface area contributed by atoms with Gasteiger partial charge in [0.2, 0.25) is 10.0 Å². The van der Waals surface area contributed by atoms with E-state index in [0.29, 0.717) is 18.0 Å². The van der Waals surface area contributed by atoms with E-state index < -0.39 is 10.0 Å². The predicted octanol–water partition coefficient (Wildman–Crippen LogP) is 2.16. The van der Waals surface area contributed by atoms with E-state index in [4.69, 9.17) is 0 Å². The maximum Gasteiger partial charge on any atom is 0.252 e. The van der Waals surface area contributed by atoms with Gasteiger partial charge in [-0.1, -0.05) is 36.1 Å². The maximum absolute atomic E-state index is 12.3. The molecule has 2 aromatic carbocycles. The average Bonchev–Trinajstić information content (AvgIpc) is 3.49. The number of sulfonamides is 1. The lowest BCUT2D eigenvalue weighted by atomic mass is 10.2. The molecular weight excluding hydrogens is 348 g/mol. The van der Waals surface area contributed by atoms with Gasteiger partial charge in [0.05, 0.1) is 11.4 Å². The van der Waals surface area contributed by atoms with E-state index in [9.17, 15) is 13.2 Å². The van der Waals surface area contributed by atoms with Crippen LogP contribution in [-0.4, -0.2) is 27.4 Å². The molecule has 0 unspecified atom stereocenters. The summed E-state index contributed by atoms with van der Waals surface area (Å²) in [6.07, 6.45) is 2.13. The summed E-state index contributed by atoms with van der Waals surface area (Å²) in [6.45, 7) is 0.637. The minimum Gasteiger partial charge on any atom is -0.341 e. The minimum absolute atomic E-state index is 0.0983. The van der Waals surface area contributed by atoms with Crippen LogP contribution in [0, 0.1) is 17.8 Å². The molecule has 0 aromatic heterocycles. The molecule has 0 saturated heterocycles. The standard InChI is InChI=1S/C20H20N2O3S/c23-20(21-13-5-8-16-6-2-1-3-7-16)18-9-4-10-19(14-18)26(24,25)22-15-17-11-12-17/h1-4,6-7,9-10,14,17,22H,11-13,15H2,(H,21,23). The van der Waals surface area contributed by atoms with Gasteiger partial charge < -0.3 is 5.32 Å². The van der Waals surface area contributed by atoms with Gasteiger partial charge in [0.1, 0.15) is 0 Å². The molecule has 1 aliphatic carbocycles. The van der Waals surface area contributed by atoms with Crippen LogP contribution in [0.4, 0.5) is 0 Å². The maximum atomic E-state index is 12.3. The molecular formula is C20H20N2O3S. The van der Waals surface area contributed by atoms with Crippen molar-refractivity contribution in [3.8, 4) is 11.8 Å². The lowest BCUT2D eigenvalue weighted by Crippen LogP contribution is -2.27. The second kappa shape index (κ2) is 8.17. The van der Waals surface area contributed by atoms with Gasteiger partial charge in [-0.25, -0.2) is 13.1 Å². The first-order valence-corrected chi connectivity index (χ1v) is 9.95. The molecule has 1 saturated carbocycles. The SMILES string of the molecule is O=C(NCC#Cc1ccccc1)c1cccc(S(=O)(=O)NCC2CC2)c1. The van der Waals surface area contributed by atoms with Crippen LogP contribution in [0.15, 0.2) is 59.5 Å². The Morgan fingerprint density at radius 1 is 1.08 bits per heavy atom. The Morgan fingerprint density at radius 3 is 2.58 bits per heavy atom. The van der Waals surface area contributed by atoms with Crippen molar-refractivity contribution in [3.05, 3.63) is 65.7 Å². The van der Waals surface area contributed by atoms with Crippen molar-refractivity contribution in [2.75, 3.05) is 13.1 Å². The Kier molecular flexibility index (Phi) is 5.71. The van der Waals surface area contributed by atoms with Crippen LogP contribution in [0.3, 0.4) is 0 Å². The van der Waals surface area contributed by atoms with E-state index in [-0.39, 0.29) is 17.3 Å². The zero-order valence-electron chi connectivity index (χ0n) is 14.2. The molecule has 134 valence electrons. The normalized spacial score (nSPS) is 13.5. The molecule has 26 heavy (non-hydrogen) atoms. The van der Waals surface area contributed by atoms with E-state index in [0.717, 1.165) is 18.4 Å². The number of benzene rings is 2. The van der Waals surface area contributed by atoms with Crippen molar-refractivity contribution in [2.45, 2.75) is 17.7 Å². The quantitative estimate of drug-likeness (QED) is 0.767. The Balaban J connectivity index is 1.60. The van der Waals surface area contributed by atoms with Crippen molar-refractivity contribution in [1.29, 1.82) is 0 Å². The number of carbonyl (C=O) groups excluding carboxylic acids is 1. The fourth-order valence-electron chi connectivity index (χ4n) is 2.33. The summed E-state index contributed by atoms with van der Waals surface area (Å²) in [5.41, 5.74) is 1.16. The molecule has 0 atom stereocenters. The monoisotopic (exact) mass is 368 g/mol. The number of carbonyl (C=O) groups is 1. The predicted molar refractivity (Wildman–Crippen MR) is 100 cm³/mol. The molecule has 1 aliphatic rings. The van der Waals surface area contributed by atoms with Crippen LogP contribution in [0.2, 0.25) is 0 Å². The highest BCUT2D eigenvalue weighted by atomic mass is 32.2. The topological polar surface area (TPSA) is 75.3 Å². The van der Waals surface area contributed by atoms with Gasteiger partial charge in [0.15, 0.2) is 0 Å². The van der Waals surface area contributed by atoms with Gasteiger partial charge >= 0.3 is 0 Å². The fourth-order valence-corrected chi connectivity index (χ4v) is 3.49. The molecule has 0 heterocycles. The van der Waals surface area contributed by atoms with Crippen molar-refractivity contribution in [1.82, 2.24) is 10.0 Å². The molecule has 2 N–H and O–H groups in total. The van der Waals surface area contributed by atoms with Gasteiger partial charge in [-0.2, -0.15) is 0 Å². The molecule has 1 fully saturated rings. The molecule has 0 aliphatic heterocycles. The number of hydrogen-bond acceptors (Lipinski definition) is 3. The molecule has 2 aromatic rings. The molecule has 0 spiro atoms. The van der Waals surface area contributed by atoms with Crippen LogP contribution in [-0.2, 0) is 10.0 Å². The second-order valence-electron chi connectivity index (χ2n) is 6.17. The van der Waals surface area contributed by atoms with Crippen molar-refractivity contribution >= 4 is 15.9 Å². The first kappa shape index (κ1) is 18.2. The van der Waals surface area contributed by atoms with E-state index in [1.54, 1.807) is 12.1 Å². The van der Waals surface area contributed by atoms with Crippen LogP contribution in [0.5, 0.6) is 0 Å². The highest BCUT2D eigenvalue weighted by Crippen LogP contribution is 2.28. The lowest BCUT2D eigenvalue weighted by molar-refractivity contribution is 0.0958. The molecule has 0 bridgehead atoms. The highest BCUT2D eigenvalue weighted by molar-refractivity contribution is 7.89. The number of hydrogen-bond donors (Lipinski definition) is 2. The summed E-state index contributed by atoms with van der Waals surface area (Å²) in [5.74, 6) is 5.91. The molecule has 0 radical (unpaired) electrons.